The van der Waals surface area contributed by atoms with E-state index in [1.54, 1.807) is 0 Å². The highest BCUT2D eigenvalue weighted by Gasteiger charge is 2.44. The average Bonchev–Trinajstić information content (AvgIpc) is 2.28. The summed E-state index contributed by atoms with van der Waals surface area (Å²) in [6.45, 7) is 0.563. The van der Waals surface area contributed by atoms with Gasteiger partial charge in [0.25, 0.3) is 0 Å². The molecule has 0 aromatic heterocycles. The van der Waals surface area contributed by atoms with E-state index in [-0.39, 0.29) is 6.42 Å². The van der Waals surface area contributed by atoms with Crippen molar-refractivity contribution in [2.45, 2.75) is 57.5 Å². The summed E-state index contributed by atoms with van der Waals surface area (Å²) >= 11 is 0. The van der Waals surface area contributed by atoms with Gasteiger partial charge in [-0.15, -0.1) is 0 Å². The first-order chi connectivity index (χ1) is 9.37. The Hall–Kier alpha value is -0.270. The van der Waals surface area contributed by atoms with Crippen molar-refractivity contribution in [2.24, 2.45) is 0 Å². The molecule has 0 spiro atoms. The van der Waals surface area contributed by atoms with Gasteiger partial charge in [-0.25, -0.2) is 0 Å². The molecule has 128 valence electrons. The van der Waals surface area contributed by atoms with Crippen LogP contribution in [0.2, 0.25) is 0 Å². The van der Waals surface area contributed by atoms with Gasteiger partial charge < -0.3 is 0 Å². The van der Waals surface area contributed by atoms with Gasteiger partial charge in [0.2, 0.25) is 0 Å². The second kappa shape index (κ2) is 8.39. The highest BCUT2D eigenvalue weighted by molar-refractivity contribution is 7.53. The van der Waals surface area contributed by atoms with E-state index in [1.807, 2.05) is 6.92 Å². The first-order valence-electron chi connectivity index (χ1n) is 6.41. The summed E-state index contributed by atoms with van der Waals surface area (Å²) in [7, 11) is -4.44. The molecule has 21 heavy (non-hydrogen) atoms. The number of alkyl halides is 6. The number of hydrogen-bond acceptors (Lipinski definition) is 3. The molecule has 0 bridgehead atoms. The van der Waals surface area contributed by atoms with E-state index in [0.717, 1.165) is 12.8 Å². The Morgan fingerprint density at radius 2 is 1.62 bits per heavy atom. The zero-order valence-corrected chi connectivity index (χ0v) is 12.7. The van der Waals surface area contributed by atoms with E-state index < -0.39 is 39.1 Å². The third-order valence-electron chi connectivity index (χ3n) is 2.47. The molecule has 3 nitrogen and oxygen atoms in total. The molecule has 0 amide bonds. The molecule has 0 heterocycles. The maximum atomic E-state index is 12.7. The van der Waals surface area contributed by atoms with Gasteiger partial charge in [0, 0.05) is 6.66 Å². The number of hydrogen-bond donors (Lipinski definition) is 0. The predicted molar refractivity (Wildman–Crippen MR) is 65.2 cm³/mol. The van der Waals surface area contributed by atoms with Crippen molar-refractivity contribution in [3.05, 3.63) is 0 Å². The highest BCUT2D eigenvalue weighted by Crippen LogP contribution is 2.49. The highest BCUT2D eigenvalue weighted by atomic mass is 31.2. The standard InChI is InChI=1S/C11H19F6O3P/c1-3-4-5-6-7-9(11(15,16)17)20-21(2,18)19-8-10(12,13)14/h9H,3-8H2,1-2H3/t9-,21+/m1/s1. The van der Waals surface area contributed by atoms with Crippen molar-refractivity contribution in [3.8, 4) is 0 Å². The van der Waals surface area contributed by atoms with Crippen LogP contribution in [0.3, 0.4) is 0 Å². The van der Waals surface area contributed by atoms with E-state index in [1.165, 1.54) is 0 Å². The van der Waals surface area contributed by atoms with Crippen LogP contribution in [0.5, 0.6) is 0 Å². The Morgan fingerprint density at radius 1 is 1.05 bits per heavy atom. The lowest BCUT2D eigenvalue weighted by Crippen LogP contribution is -2.31. The van der Waals surface area contributed by atoms with Crippen LogP contribution >= 0.6 is 7.60 Å². The molecule has 0 fully saturated rings. The topological polar surface area (TPSA) is 35.5 Å². The van der Waals surface area contributed by atoms with Crippen molar-refractivity contribution in [1.82, 2.24) is 0 Å². The lowest BCUT2D eigenvalue weighted by Gasteiger charge is -2.24. The molecule has 0 saturated carbocycles. The fraction of sp³-hybridized carbons (Fsp3) is 1.00. The fourth-order valence-corrected chi connectivity index (χ4v) is 2.61. The third kappa shape index (κ3) is 11.0. The van der Waals surface area contributed by atoms with Gasteiger partial charge in [0.05, 0.1) is 0 Å². The van der Waals surface area contributed by atoms with Crippen molar-refractivity contribution in [1.29, 1.82) is 0 Å². The largest absolute Gasteiger partial charge is 0.415 e. The monoisotopic (exact) mass is 344 g/mol. The zero-order valence-electron chi connectivity index (χ0n) is 11.8. The molecule has 0 N–H and O–H groups in total. The van der Waals surface area contributed by atoms with Gasteiger partial charge in [-0.1, -0.05) is 32.6 Å². The second-order valence-electron chi connectivity index (χ2n) is 4.64. The van der Waals surface area contributed by atoms with Gasteiger partial charge in [0.15, 0.2) is 12.7 Å². The maximum absolute atomic E-state index is 12.7. The van der Waals surface area contributed by atoms with Gasteiger partial charge in [-0.3, -0.25) is 13.6 Å². The second-order valence-corrected chi connectivity index (χ2v) is 6.66. The van der Waals surface area contributed by atoms with Crippen molar-refractivity contribution < 1.29 is 40.0 Å². The van der Waals surface area contributed by atoms with Crippen LogP contribution < -0.4 is 0 Å². The van der Waals surface area contributed by atoms with Crippen LogP contribution in [0.1, 0.15) is 39.0 Å². The average molecular weight is 344 g/mol. The van der Waals surface area contributed by atoms with E-state index >= 15 is 0 Å². The van der Waals surface area contributed by atoms with Crippen LogP contribution in [0, 0.1) is 0 Å². The maximum Gasteiger partial charge on any atom is 0.415 e. The molecule has 0 radical (unpaired) electrons. The molecule has 0 aromatic rings. The number of unbranched alkanes of at least 4 members (excludes halogenated alkanes) is 3. The molecule has 0 unspecified atom stereocenters. The normalized spacial score (nSPS) is 17.5. The van der Waals surface area contributed by atoms with Crippen molar-refractivity contribution >= 4 is 7.60 Å². The minimum atomic E-state index is -4.81. The summed E-state index contributed by atoms with van der Waals surface area (Å²) in [6, 6.07) is 0. The van der Waals surface area contributed by atoms with Gasteiger partial charge in [-0.2, -0.15) is 26.3 Å². The lowest BCUT2D eigenvalue weighted by molar-refractivity contribution is -0.201. The van der Waals surface area contributed by atoms with Crippen LogP contribution in [-0.2, 0) is 13.6 Å². The van der Waals surface area contributed by atoms with Crippen LogP contribution in [0.25, 0.3) is 0 Å². The molecule has 0 aliphatic carbocycles. The van der Waals surface area contributed by atoms with Crippen LogP contribution in [0.4, 0.5) is 26.3 Å². The molecular formula is C11H19F6O3P. The molecule has 0 rings (SSSR count). The number of rotatable bonds is 9. The van der Waals surface area contributed by atoms with E-state index in [2.05, 4.69) is 9.05 Å². The van der Waals surface area contributed by atoms with Crippen molar-refractivity contribution in [3.63, 3.8) is 0 Å². The molecule has 10 heteroatoms. The number of halogens is 6. The smallest absolute Gasteiger partial charge is 0.299 e. The molecular weight excluding hydrogens is 325 g/mol. The Labute approximate surface area is 119 Å². The Bertz CT molecular complexity index is 342. The first kappa shape index (κ1) is 20.7. The van der Waals surface area contributed by atoms with E-state index in [4.69, 9.17) is 0 Å². The van der Waals surface area contributed by atoms with Gasteiger partial charge in [-0.05, 0) is 6.42 Å². The van der Waals surface area contributed by atoms with Crippen LogP contribution in [-0.4, -0.2) is 31.7 Å². The van der Waals surface area contributed by atoms with Crippen LogP contribution in [0.15, 0.2) is 0 Å². The zero-order chi connectivity index (χ0) is 16.7. The molecule has 2 atom stereocenters. The lowest BCUT2D eigenvalue weighted by atomic mass is 10.1. The molecule has 0 saturated heterocycles. The summed E-state index contributed by atoms with van der Waals surface area (Å²) in [5, 5.41) is 0. The Balaban J connectivity index is 4.54. The fourth-order valence-electron chi connectivity index (χ4n) is 1.48. The summed E-state index contributed by atoms with van der Waals surface area (Å²) in [5.74, 6) is 0. The predicted octanol–water partition coefficient (Wildman–Crippen LogP) is 5.31. The summed E-state index contributed by atoms with van der Waals surface area (Å²) in [4.78, 5) is 0. The summed E-state index contributed by atoms with van der Waals surface area (Å²) < 4.78 is 93.7. The minimum Gasteiger partial charge on any atom is -0.299 e. The SMILES string of the molecule is CCCCCC[C@@H](O[P@@](C)(=O)OCC(F)(F)F)C(F)(F)F. The first-order valence-corrected chi connectivity index (χ1v) is 8.40. The third-order valence-corrected chi connectivity index (χ3v) is 3.70. The summed E-state index contributed by atoms with van der Waals surface area (Å²) in [5.41, 5.74) is 0. The minimum absolute atomic E-state index is 0.178. The van der Waals surface area contributed by atoms with Gasteiger partial charge in [0.1, 0.15) is 0 Å². The molecule has 0 aliphatic rings. The molecule has 0 aromatic carbocycles. The van der Waals surface area contributed by atoms with E-state index in [9.17, 15) is 30.9 Å². The Morgan fingerprint density at radius 3 is 2.05 bits per heavy atom. The Kier molecular flexibility index (Phi) is 8.28. The molecule has 0 aliphatic heterocycles. The summed E-state index contributed by atoms with van der Waals surface area (Å²) in [6.07, 6.45) is -10.2. The quantitative estimate of drug-likeness (QED) is 0.323. The van der Waals surface area contributed by atoms with E-state index in [0.29, 0.717) is 13.1 Å². The van der Waals surface area contributed by atoms with Crippen molar-refractivity contribution in [2.75, 3.05) is 13.3 Å². The van der Waals surface area contributed by atoms with Gasteiger partial charge >= 0.3 is 19.9 Å².